The summed E-state index contributed by atoms with van der Waals surface area (Å²) >= 11 is 0. The van der Waals surface area contributed by atoms with Gasteiger partial charge in [-0.15, -0.1) is 0 Å². The van der Waals surface area contributed by atoms with Crippen LogP contribution < -0.4 is 10.6 Å². The van der Waals surface area contributed by atoms with Gasteiger partial charge >= 0.3 is 12.1 Å². The van der Waals surface area contributed by atoms with Crippen LogP contribution in [0.2, 0.25) is 0 Å². The lowest BCUT2D eigenvalue weighted by atomic mass is 9.98. The smallest absolute Gasteiger partial charge is 0.407 e. The van der Waals surface area contributed by atoms with Crippen LogP contribution in [0.25, 0.3) is 11.1 Å². The van der Waals surface area contributed by atoms with Gasteiger partial charge in [-0.3, -0.25) is 9.59 Å². The molecule has 33 heavy (non-hydrogen) atoms. The summed E-state index contributed by atoms with van der Waals surface area (Å²) in [4.78, 5) is 36.4. The maximum absolute atomic E-state index is 12.6. The van der Waals surface area contributed by atoms with Gasteiger partial charge in [-0.05, 0) is 47.9 Å². The minimum absolute atomic E-state index is 0.0845. The topological polar surface area (TPSA) is 105 Å². The number of carboxylic acid groups (broad SMARTS) is 1. The second-order valence-electron chi connectivity index (χ2n) is 9.05. The zero-order chi connectivity index (χ0) is 23.4. The molecule has 0 bridgehead atoms. The van der Waals surface area contributed by atoms with Crippen LogP contribution in [0.5, 0.6) is 0 Å². The molecule has 2 aromatic rings. The first-order valence-electron chi connectivity index (χ1n) is 11.6. The van der Waals surface area contributed by atoms with Crippen molar-refractivity contribution in [2.24, 2.45) is 5.92 Å². The summed E-state index contributed by atoms with van der Waals surface area (Å²) < 4.78 is 5.47. The molecular weight excluding hydrogens is 420 g/mol. The fraction of sp³-hybridized carbons (Fsp3) is 0.423. The summed E-state index contributed by atoms with van der Waals surface area (Å²) in [5.74, 6) is -1.04. The van der Waals surface area contributed by atoms with Crippen molar-refractivity contribution in [2.75, 3.05) is 6.61 Å². The van der Waals surface area contributed by atoms with Gasteiger partial charge in [-0.1, -0.05) is 61.4 Å². The lowest BCUT2D eigenvalue weighted by molar-refractivity contribution is -0.140. The number of fused-ring (bicyclic) bond motifs is 3. The Morgan fingerprint density at radius 1 is 1.00 bits per heavy atom. The number of rotatable bonds is 10. The molecule has 2 aliphatic carbocycles. The number of hydrogen-bond donors (Lipinski definition) is 3. The molecule has 0 radical (unpaired) electrons. The molecule has 1 saturated carbocycles. The van der Waals surface area contributed by atoms with Gasteiger partial charge in [0.05, 0.1) is 6.42 Å². The highest BCUT2D eigenvalue weighted by Crippen LogP contribution is 2.44. The highest BCUT2D eigenvalue weighted by Gasteiger charge is 2.30. The third-order valence-electron chi connectivity index (χ3n) is 6.42. The zero-order valence-corrected chi connectivity index (χ0v) is 18.8. The molecule has 0 aromatic heterocycles. The van der Waals surface area contributed by atoms with E-state index in [4.69, 9.17) is 4.74 Å². The largest absolute Gasteiger partial charge is 0.481 e. The Morgan fingerprint density at radius 3 is 2.18 bits per heavy atom. The van der Waals surface area contributed by atoms with Crippen molar-refractivity contribution in [1.82, 2.24) is 10.6 Å². The van der Waals surface area contributed by atoms with E-state index < -0.39 is 30.4 Å². The van der Waals surface area contributed by atoms with Crippen molar-refractivity contribution in [3.8, 4) is 11.1 Å². The van der Waals surface area contributed by atoms with Gasteiger partial charge in [0, 0.05) is 12.0 Å². The molecule has 2 aliphatic rings. The Morgan fingerprint density at radius 2 is 1.61 bits per heavy atom. The van der Waals surface area contributed by atoms with Gasteiger partial charge in [0.25, 0.3) is 0 Å². The molecule has 0 saturated heterocycles. The molecule has 2 amide bonds. The molecule has 3 N–H and O–H groups in total. The number of carbonyl (C=O) groups excluding carboxylic acids is 2. The van der Waals surface area contributed by atoms with E-state index in [0.29, 0.717) is 0 Å². The second kappa shape index (κ2) is 10.1. The first kappa shape index (κ1) is 22.8. The van der Waals surface area contributed by atoms with E-state index in [9.17, 15) is 19.5 Å². The van der Waals surface area contributed by atoms with Gasteiger partial charge in [-0.25, -0.2) is 4.79 Å². The van der Waals surface area contributed by atoms with E-state index >= 15 is 0 Å². The third-order valence-corrected chi connectivity index (χ3v) is 6.42. The fourth-order valence-corrected chi connectivity index (χ4v) is 4.47. The van der Waals surface area contributed by atoms with Crippen LogP contribution in [0.4, 0.5) is 4.79 Å². The molecule has 2 atom stereocenters. The lowest BCUT2D eigenvalue weighted by Gasteiger charge is -2.21. The summed E-state index contributed by atoms with van der Waals surface area (Å²) in [5.41, 5.74) is 4.39. The standard InChI is InChI=1S/C26H30N2O5/c1-16(10-11-17-12-13-17)27-25(31)23(14-24(29)30)28-26(32)33-15-22-20-8-4-2-6-18(20)19-7-3-5-9-21(19)22/h2-9,16-17,22-23H,10-15H2,1H3,(H,27,31)(H,28,32)(H,29,30). The van der Waals surface area contributed by atoms with Crippen LogP contribution in [0.15, 0.2) is 48.5 Å². The number of carbonyl (C=O) groups is 3. The second-order valence-corrected chi connectivity index (χ2v) is 9.05. The Bertz CT molecular complexity index is 987. The van der Waals surface area contributed by atoms with Crippen LogP contribution in [0.1, 0.15) is 56.1 Å². The Hall–Kier alpha value is -3.35. The molecule has 7 heteroatoms. The number of nitrogens with one attached hydrogen (secondary N) is 2. The minimum Gasteiger partial charge on any atom is -0.481 e. The van der Waals surface area contributed by atoms with Crippen molar-refractivity contribution in [2.45, 2.75) is 57.0 Å². The van der Waals surface area contributed by atoms with Crippen molar-refractivity contribution >= 4 is 18.0 Å². The zero-order valence-electron chi connectivity index (χ0n) is 18.8. The van der Waals surface area contributed by atoms with E-state index in [0.717, 1.165) is 41.0 Å². The third kappa shape index (κ3) is 5.72. The Balaban J connectivity index is 1.35. The summed E-state index contributed by atoms with van der Waals surface area (Å²) in [7, 11) is 0. The SMILES string of the molecule is CC(CCC1CC1)NC(=O)C(CC(=O)O)NC(=O)OCC1c2ccccc2-c2ccccc21. The average Bonchev–Trinajstić information content (AvgIpc) is 3.57. The molecule has 1 fully saturated rings. The van der Waals surface area contributed by atoms with Gasteiger partial charge in [0.15, 0.2) is 0 Å². The van der Waals surface area contributed by atoms with Crippen molar-refractivity contribution < 1.29 is 24.2 Å². The molecule has 0 heterocycles. The average molecular weight is 451 g/mol. The van der Waals surface area contributed by atoms with E-state index in [1.165, 1.54) is 12.8 Å². The summed E-state index contributed by atoms with van der Waals surface area (Å²) in [6.07, 6.45) is 3.05. The molecule has 2 aromatic carbocycles. The van der Waals surface area contributed by atoms with Crippen molar-refractivity contribution in [1.29, 1.82) is 0 Å². The molecule has 0 aliphatic heterocycles. The highest BCUT2D eigenvalue weighted by molar-refractivity contribution is 5.89. The first-order valence-corrected chi connectivity index (χ1v) is 11.6. The maximum atomic E-state index is 12.6. The Kier molecular flexibility index (Phi) is 6.96. The number of amides is 2. The van der Waals surface area contributed by atoms with Crippen molar-refractivity contribution in [3.63, 3.8) is 0 Å². The first-order chi connectivity index (χ1) is 15.9. The number of carboxylic acids is 1. The number of hydrogen-bond acceptors (Lipinski definition) is 4. The van der Waals surface area contributed by atoms with Crippen molar-refractivity contribution in [3.05, 3.63) is 59.7 Å². The van der Waals surface area contributed by atoms with E-state index in [1.807, 2.05) is 55.5 Å². The number of alkyl carbamates (subject to hydrolysis) is 1. The predicted molar refractivity (Wildman–Crippen MR) is 124 cm³/mol. The molecule has 2 unspecified atom stereocenters. The maximum Gasteiger partial charge on any atom is 0.407 e. The monoisotopic (exact) mass is 450 g/mol. The Labute approximate surface area is 193 Å². The molecular formula is C26H30N2O5. The van der Waals surface area contributed by atoms with E-state index in [1.54, 1.807) is 0 Å². The summed E-state index contributed by atoms with van der Waals surface area (Å²) in [5, 5.41) is 14.5. The molecule has 174 valence electrons. The van der Waals surface area contributed by atoms with Crippen LogP contribution in [0, 0.1) is 5.92 Å². The van der Waals surface area contributed by atoms with Crippen LogP contribution in [-0.2, 0) is 14.3 Å². The van der Waals surface area contributed by atoms with Crippen LogP contribution in [0.3, 0.4) is 0 Å². The summed E-state index contributed by atoms with van der Waals surface area (Å²) in [6.45, 7) is 1.99. The highest BCUT2D eigenvalue weighted by atomic mass is 16.5. The fourth-order valence-electron chi connectivity index (χ4n) is 4.47. The number of aliphatic carboxylic acids is 1. The van der Waals surface area contributed by atoms with Crippen LogP contribution >= 0.6 is 0 Å². The van der Waals surface area contributed by atoms with Gasteiger partial charge in [0.2, 0.25) is 5.91 Å². The quantitative estimate of drug-likeness (QED) is 0.506. The van der Waals surface area contributed by atoms with Crippen LogP contribution in [-0.4, -0.2) is 41.8 Å². The number of benzene rings is 2. The molecule has 4 rings (SSSR count). The predicted octanol–water partition coefficient (Wildman–Crippen LogP) is 4.06. The van der Waals surface area contributed by atoms with Gasteiger partial charge in [-0.2, -0.15) is 0 Å². The minimum atomic E-state index is -1.19. The van der Waals surface area contributed by atoms with E-state index in [-0.39, 0.29) is 18.6 Å². The number of ether oxygens (including phenoxy) is 1. The molecule has 0 spiro atoms. The lowest BCUT2D eigenvalue weighted by Crippen LogP contribution is -2.50. The summed E-state index contributed by atoms with van der Waals surface area (Å²) in [6, 6.07) is 14.7. The van der Waals surface area contributed by atoms with Gasteiger partial charge in [0.1, 0.15) is 12.6 Å². The van der Waals surface area contributed by atoms with E-state index in [2.05, 4.69) is 10.6 Å². The van der Waals surface area contributed by atoms with Gasteiger partial charge < -0.3 is 20.5 Å². The normalized spacial score (nSPS) is 16.3. The molecule has 7 nitrogen and oxygen atoms in total.